The van der Waals surface area contributed by atoms with Crippen LogP contribution in [0.5, 0.6) is 0 Å². The monoisotopic (exact) mass is 357 g/mol. The highest BCUT2D eigenvalue weighted by Gasteiger charge is 2.14. The molecule has 5 nitrogen and oxygen atoms in total. The molecular formula is C20H39NO4. The highest BCUT2D eigenvalue weighted by atomic mass is 16.6. The van der Waals surface area contributed by atoms with Gasteiger partial charge in [0.15, 0.2) is 0 Å². The first-order chi connectivity index (χ1) is 12.1. The van der Waals surface area contributed by atoms with E-state index in [0.717, 1.165) is 25.7 Å². The largest absolute Gasteiger partial charge is 0.464 e. The van der Waals surface area contributed by atoms with E-state index in [1.165, 1.54) is 56.3 Å². The number of likely N-dealkylation sites (N-methyl/N-ethyl adjacent to an activating group) is 1. The number of esters is 1. The van der Waals surface area contributed by atoms with Gasteiger partial charge in [0.25, 0.3) is 0 Å². The van der Waals surface area contributed by atoms with E-state index in [2.05, 4.69) is 6.92 Å². The van der Waals surface area contributed by atoms with Crippen molar-refractivity contribution in [3.8, 4) is 0 Å². The summed E-state index contributed by atoms with van der Waals surface area (Å²) in [6.45, 7) is 5.05. The number of unbranched alkanes of at least 4 members (excludes halogenated alkanes) is 10. The molecule has 0 radical (unpaired) electrons. The molecule has 0 aliphatic heterocycles. The number of carbonyl (C=O) groups is 2. The lowest BCUT2D eigenvalue weighted by Gasteiger charge is -2.16. The van der Waals surface area contributed by atoms with Gasteiger partial charge in [-0.25, -0.2) is 4.79 Å². The maximum Gasteiger partial charge on any atom is 0.410 e. The molecule has 0 saturated heterocycles. The van der Waals surface area contributed by atoms with Crippen molar-refractivity contribution in [3.05, 3.63) is 0 Å². The Morgan fingerprint density at radius 3 is 1.72 bits per heavy atom. The van der Waals surface area contributed by atoms with Crippen LogP contribution in [0.2, 0.25) is 0 Å². The minimum Gasteiger partial charge on any atom is -0.464 e. The van der Waals surface area contributed by atoms with Crippen LogP contribution < -0.4 is 0 Å². The molecule has 0 aromatic rings. The van der Waals surface area contributed by atoms with Crippen molar-refractivity contribution in [2.75, 3.05) is 26.8 Å². The van der Waals surface area contributed by atoms with Crippen molar-refractivity contribution < 1.29 is 19.1 Å². The summed E-state index contributed by atoms with van der Waals surface area (Å²) in [5.41, 5.74) is 0. The van der Waals surface area contributed by atoms with Crippen LogP contribution in [0.1, 0.15) is 90.9 Å². The molecule has 1 amide bonds. The molecule has 5 heteroatoms. The molecule has 0 saturated carbocycles. The highest BCUT2D eigenvalue weighted by Crippen LogP contribution is 2.10. The molecule has 0 aliphatic rings. The van der Waals surface area contributed by atoms with Crippen molar-refractivity contribution in [3.63, 3.8) is 0 Å². The van der Waals surface area contributed by atoms with Crippen LogP contribution in [0.3, 0.4) is 0 Å². The zero-order valence-corrected chi connectivity index (χ0v) is 16.7. The Bertz CT molecular complexity index is 334. The van der Waals surface area contributed by atoms with Gasteiger partial charge in [0.2, 0.25) is 0 Å². The average molecular weight is 358 g/mol. The van der Waals surface area contributed by atoms with Crippen molar-refractivity contribution in [2.45, 2.75) is 90.9 Å². The van der Waals surface area contributed by atoms with Gasteiger partial charge >= 0.3 is 12.1 Å². The molecule has 0 aliphatic carbocycles. The number of nitrogens with zero attached hydrogens (tertiary/aromatic N) is 1. The fourth-order valence-corrected chi connectivity index (χ4v) is 2.49. The first-order valence-electron chi connectivity index (χ1n) is 10.1. The average Bonchev–Trinajstić information content (AvgIpc) is 2.59. The number of hydrogen-bond donors (Lipinski definition) is 0. The molecule has 0 N–H and O–H groups in total. The number of amides is 1. The van der Waals surface area contributed by atoms with Crippen LogP contribution in [0.4, 0.5) is 4.79 Å². The van der Waals surface area contributed by atoms with Crippen molar-refractivity contribution >= 4 is 12.1 Å². The number of rotatable bonds is 16. The summed E-state index contributed by atoms with van der Waals surface area (Å²) in [4.78, 5) is 24.5. The summed E-state index contributed by atoms with van der Waals surface area (Å²) >= 11 is 0. The summed E-state index contributed by atoms with van der Waals surface area (Å²) in [6.07, 6.45) is 13.8. The predicted molar refractivity (Wildman–Crippen MR) is 102 cm³/mol. The van der Waals surface area contributed by atoms with Gasteiger partial charge in [-0.05, 0) is 12.8 Å². The Hall–Kier alpha value is -1.26. The van der Waals surface area contributed by atoms with Crippen LogP contribution in [-0.2, 0) is 14.3 Å². The normalized spacial score (nSPS) is 10.5. The second-order valence-corrected chi connectivity index (χ2v) is 6.73. The fraction of sp³-hybridized carbons (Fsp3) is 0.900. The first-order valence-corrected chi connectivity index (χ1v) is 10.1. The maximum absolute atomic E-state index is 11.7. The van der Waals surface area contributed by atoms with E-state index in [4.69, 9.17) is 9.47 Å². The SMILES string of the molecule is CCCCCCCCCCCCOC(=O)CN(C)C(=O)OCCCC. The highest BCUT2D eigenvalue weighted by molar-refractivity contribution is 5.77. The lowest BCUT2D eigenvalue weighted by Crippen LogP contribution is -2.33. The third-order valence-corrected chi connectivity index (χ3v) is 4.16. The van der Waals surface area contributed by atoms with Crippen LogP contribution in [-0.4, -0.2) is 43.8 Å². The number of carbonyl (C=O) groups excluding carboxylic acids is 2. The van der Waals surface area contributed by atoms with E-state index in [-0.39, 0.29) is 12.5 Å². The van der Waals surface area contributed by atoms with Crippen LogP contribution in [0.25, 0.3) is 0 Å². The lowest BCUT2D eigenvalue weighted by atomic mass is 10.1. The third kappa shape index (κ3) is 16.0. The fourth-order valence-electron chi connectivity index (χ4n) is 2.49. The Kier molecular flexibility index (Phi) is 16.7. The second-order valence-electron chi connectivity index (χ2n) is 6.73. The smallest absolute Gasteiger partial charge is 0.410 e. The zero-order valence-electron chi connectivity index (χ0n) is 16.7. The van der Waals surface area contributed by atoms with Crippen LogP contribution in [0, 0.1) is 0 Å². The molecule has 0 unspecified atom stereocenters. The molecule has 0 atom stereocenters. The maximum atomic E-state index is 11.7. The molecule has 0 rings (SSSR count). The Balaban J connectivity index is 3.44. The van der Waals surface area contributed by atoms with E-state index in [1.807, 2.05) is 6.92 Å². The Morgan fingerprint density at radius 1 is 0.680 bits per heavy atom. The molecule has 148 valence electrons. The molecule has 25 heavy (non-hydrogen) atoms. The zero-order chi connectivity index (χ0) is 18.8. The van der Waals surface area contributed by atoms with E-state index in [1.54, 1.807) is 7.05 Å². The molecule has 0 heterocycles. The third-order valence-electron chi connectivity index (χ3n) is 4.16. The van der Waals surface area contributed by atoms with Gasteiger partial charge in [-0.15, -0.1) is 0 Å². The van der Waals surface area contributed by atoms with Gasteiger partial charge in [0.05, 0.1) is 13.2 Å². The quantitative estimate of drug-likeness (QED) is 0.277. The summed E-state index contributed by atoms with van der Waals surface area (Å²) in [6, 6.07) is 0. The lowest BCUT2D eigenvalue weighted by molar-refractivity contribution is -0.144. The van der Waals surface area contributed by atoms with Gasteiger partial charge in [0.1, 0.15) is 6.54 Å². The molecular weight excluding hydrogens is 318 g/mol. The van der Waals surface area contributed by atoms with Gasteiger partial charge in [-0.1, -0.05) is 78.1 Å². The van der Waals surface area contributed by atoms with E-state index in [9.17, 15) is 9.59 Å². The minimum atomic E-state index is -0.468. The van der Waals surface area contributed by atoms with Crippen molar-refractivity contribution in [1.82, 2.24) is 4.90 Å². The van der Waals surface area contributed by atoms with Gasteiger partial charge < -0.3 is 14.4 Å². The first kappa shape index (κ1) is 23.7. The molecule has 0 spiro atoms. The molecule has 0 aromatic carbocycles. The van der Waals surface area contributed by atoms with E-state index >= 15 is 0 Å². The van der Waals surface area contributed by atoms with Crippen molar-refractivity contribution in [1.29, 1.82) is 0 Å². The Morgan fingerprint density at radius 2 is 1.16 bits per heavy atom. The number of ether oxygens (including phenoxy) is 2. The van der Waals surface area contributed by atoms with E-state index < -0.39 is 6.09 Å². The summed E-state index contributed by atoms with van der Waals surface area (Å²) in [7, 11) is 1.55. The predicted octanol–water partition coefficient (Wildman–Crippen LogP) is 5.32. The number of hydrogen-bond acceptors (Lipinski definition) is 4. The second kappa shape index (κ2) is 17.6. The summed E-state index contributed by atoms with van der Waals surface area (Å²) in [5.74, 6) is -0.370. The Labute approximate surface area is 154 Å². The molecule has 0 bridgehead atoms. The van der Waals surface area contributed by atoms with Gasteiger partial charge in [0, 0.05) is 7.05 Å². The standard InChI is InChI=1S/C20H39NO4/c1-4-6-8-9-10-11-12-13-14-15-17-24-19(22)18-21(3)20(23)25-16-7-5-2/h4-18H2,1-3H3. The summed E-state index contributed by atoms with van der Waals surface area (Å²) < 4.78 is 10.2. The minimum absolute atomic E-state index is 0.0529. The summed E-state index contributed by atoms with van der Waals surface area (Å²) in [5, 5.41) is 0. The van der Waals surface area contributed by atoms with Crippen molar-refractivity contribution in [2.24, 2.45) is 0 Å². The van der Waals surface area contributed by atoms with Gasteiger partial charge in [-0.3, -0.25) is 4.79 Å². The molecule has 0 fully saturated rings. The van der Waals surface area contributed by atoms with Crippen LogP contribution >= 0.6 is 0 Å². The van der Waals surface area contributed by atoms with E-state index in [0.29, 0.717) is 13.2 Å². The topological polar surface area (TPSA) is 55.8 Å². The van der Waals surface area contributed by atoms with Crippen LogP contribution in [0.15, 0.2) is 0 Å². The molecule has 0 aromatic heterocycles. The van der Waals surface area contributed by atoms with Gasteiger partial charge in [-0.2, -0.15) is 0 Å².